The first-order chi connectivity index (χ1) is 12.3. The third-order valence-corrected chi connectivity index (χ3v) is 4.00. The molecule has 0 fully saturated rings. The number of fused-ring (bicyclic) bond motifs is 1. The molecule has 122 valence electrons. The van der Waals surface area contributed by atoms with Crippen LogP contribution >= 0.6 is 0 Å². The van der Waals surface area contributed by atoms with Crippen LogP contribution in [0.2, 0.25) is 0 Å². The minimum Gasteiger partial charge on any atom is -0.322 e. The molecule has 0 radical (unpaired) electrons. The molecule has 5 heteroatoms. The van der Waals surface area contributed by atoms with Gasteiger partial charge >= 0.3 is 0 Å². The van der Waals surface area contributed by atoms with Crippen molar-refractivity contribution in [3.63, 3.8) is 0 Å². The van der Waals surface area contributed by atoms with Gasteiger partial charge in [0.2, 0.25) is 0 Å². The van der Waals surface area contributed by atoms with Gasteiger partial charge in [-0.1, -0.05) is 47.7 Å². The molecule has 0 atom stereocenters. The molecule has 25 heavy (non-hydrogen) atoms. The van der Waals surface area contributed by atoms with Crippen molar-refractivity contribution in [2.24, 2.45) is 0 Å². The SMILES string of the molecule is O=C(Nc1ccccc1)c1ccc(Cn2nnc3ccccc32)cc1. The Hall–Kier alpha value is -3.47. The van der Waals surface area contributed by atoms with Crippen molar-refractivity contribution < 1.29 is 4.79 Å². The molecule has 0 unspecified atom stereocenters. The maximum absolute atomic E-state index is 12.3. The number of rotatable bonds is 4. The number of hydrogen-bond donors (Lipinski definition) is 1. The summed E-state index contributed by atoms with van der Waals surface area (Å²) < 4.78 is 1.86. The molecule has 1 amide bonds. The van der Waals surface area contributed by atoms with Crippen LogP contribution in [0.3, 0.4) is 0 Å². The van der Waals surface area contributed by atoms with Gasteiger partial charge in [0.1, 0.15) is 5.52 Å². The summed E-state index contributed by atoms with van der Waals surface area (Å²) in [5.74, 6) is -0.121. The molecule has 0 spiro atoms. The first-order valence-corrected chi connectivity index (χ1v) is 8.03. The molecule has 0 bridgehead atoms. The van der Waals surface area contributed by atoms with Crippen LogP contribution in [-0.2, 0) is 6.54 Å². The number of carbonyl (C=O) groups is 1. The summed E-state index contributed by atoms with van der Waals surface area (Å²) in [5.41, 5.74) is 4.34. The molecule has 1 N–H and O–H groups in total. The molecular weight excluding hydrogens is 312 g/mol. The Kier molecular flexibility index (Phi) is 3.96. The normalized spacial score (nSPS) is 10.7. The zero-order valence-corrected chi connectivity index (χ0v) is 13.5. The highest BCUT2D eigenvalue weighted by atomic mass is 16.1. The Bertz CT molecular complexity index is 1010. The van der Waals surface area contributed by atoms with Gasteiger partial charge in [0.15, 0.2) is 0 Å². The lowest BCUT2D eigenvalue weighted by atomic mass is 10.1. The largest absolute Gasteiger partial charge is 0.322 e. The number of anilines is 1. The summed E-state index contributed by atoms with van der Waals surface area (Å²) in [5, 5.41) is 11.2. The van der Waals surface area contributed by atoms with E-state index in [0.717, 1.165) is 22.3 Å². The van der Waals surface area contributed by atoms with Crippen LogP contribution in [0.4, 0.5) is 5.69 Å². The minimum atomic E-state index is -0.121. The lowest BCUT2D eigenvalue weighted by Crippen LogP contribution is -2.12. The molecule has 0 aliphatic rings. The number of benzene rings is 3. The first kappa shape index (κ1) is 15.1. The second kappa shape index (κ2) is 6.57. The van der Waals surface area contributed by atoms with Gasteiger partial charge in [-0.3, -0.25) is 4.79 Å². The van der Waals surface area contributed by atoms with E-state index < -0.39 is 0 Å². The van der Waals surface area contributed by atoms with Crippen LogP contribution in [0, 0.1) is 0 Å². The predicted octanol–water partition coefficient (Wildman–Crippen LogP) is 3.73. The fourth-order valence-electron chi connectivity index (χ4n) is 2.69. The molecule has 3 aromatic carbocycles. The van der Waals surface area contributed by atoms with Crippen molar-refractivity contribution in [2.45, 2.75) is 6.54 Å². The molecule has 4 aromatic rings. The van der Waals surface area contributed by atoms with Gasteiger partial charge in [0, 0.05) is 11.3 Å². The van der Waals surface area contributed by atoms with Gasteiger partial charge in [-0.25, -0.2) is 4.68 Å². The Morgan fingerprint density at radius 3 is 2.40 bits per heavy atom. The van der Waals surface area contributed by atoms with E-state index in [2.05, 4.69) is 15.6 Å². The predicted molar refractivity (Wildman–Crippen MR) is 97.5 cm³/mol. The van der Waals surface area contributed by atoms with Crippen molar-refractivity contribution in [3.8, 4) is 0 Å². The summed E-state index contributed by atoms with van der Waals surface area (Å²) >= 11 is 0. The van der Waals surface area contributed by atoms with E-state index in [1.807, 2.05) is 83.5 Å². The van der Waals surface area contributed by atoms with Crippen molar-refractivity contribution in [3.05, 3.63) is 90.0 Å². The molecule has 4 rings (SSSR count). The quantitative estimate of drug-likeness (QED) is 0.621. The van der Waals surface area contributed by atoms with Crippen LogP contribution in [0.25, 0.3) is 11.0 Å². The number of nitrogens with one attached hydrogen (secondary N) is 1. The zero-order valence-electron chi connectivity index (χ0n) is 13.5. The molecule has 0 aliphatic heterocycles. The van der Waals surface area contributed by atoms with Gasteiger partial charge in [-0.05, 0) is 42.0 Å². The van der Waals surface area contributed by atoms with E-state index >= 15 is 0 Å². The molecule has 1 aromatic heterocycles. The van der Waals surface area contributed by atoms with Crippen LogP contribution in [0.5, 0.6) is 0 Å². The Morgan fingerprint density at radius 2 is 1.60 bits per heavy atom. The summed E-state index contributed by atoms with van der Waals surface area (Å²) in [7, 11) is 0. The van der Waals surface area contributed by atoms with Crippen LogP contribution < -0.4 is 5.32 Å². The first-order valence-electron chi connectivity index (χ1n) is 8.03. The fraction of sp³-hybridized carbons (Fsp3) is 0.0500. The monoisotopic (exact) mass is 328 g/mol. The molecule has 0 aliphatic carbocycles. The van der Waals surface area contributed by atoms with Crippen LogP contribution in [0.15, 0.2) is 78.9 Å². The van der Waals surface area contributed by atoms with Crippen molar-refractivity contribution >= 4 is 22.6 Å². The number of hydrogen-bond acceptors (Lipinski definition) is 3. The summed E-state index contributed by atoms with van der Waals surface area (Å²) in [6.07, 6.45) is 0. The van der Waals surface area contributed by atoms with Gasteiger partial charge < -0.3 is 5.32 Å². The van der Waals surface area contributed by atoms with Crippen molar-refractivity contribution in [1.82, 2.24) is 15.0 Å². The second-order valence-electron chi connectivity index (χ2n) is 5.75. The van der Waals surface area contributed by atoms with E-state index in [4.69, 9.17) is 0 Å². The average molecular weight is 328 g/mol. The lowest BCUT2D eigenvalue weighted by molar-refractivity contribution is 0.102. The van der Waals surface area contributed by atoms with Gasteiger partial charge in [-0.2, -0.15) is 0 Å². The second-order valence-corrected chi connectivity index (χ2v) is 5.75. The van der Waals surface area contributed by atoms with Gasteiger partial charge in [0.25, 0.3) is 5.91 Å². The third-order valence-electron chi connectivity index (χ3n) is 4.00. The number of para-hydroxylation sites is 2. The molecule has 0 saturated heterocycles. The number of aromatic nitrogens is 3. The highest BCUT2D eigenvalue weighted by molar-refractivity contribution is 6.04. The summed E-state index contributed by atoms with van der Waals surface area (Å²) in [6.45, 7) is 0.612. The molecule has 0 saturated carbocycles. The van der Waals surface area contributed by atoms with Crippen LogP contribution in [0.1, 0.15) is 15.9 Å². The standard InChI is InChI=1S/C20H16N4O/c25-20(21-17-6-2-1-3-7-17)16-12-10-15(11-13-16)14-24-19-9-5-4-8-18(19)22-23-24/h1-13H,14H2,(H,21,25). The lowest BCUT2D eigenvalue weighted by Gasteiger charge is -2.07. The minimum absolute atomic E-state index is 0.121. The van der Waals surface area contributed by atoms with E-state index in [9.17, 15) is 4.79 Å². The highest BCUT2D eigenvalue weighted by Gasteiger charge is 2.07. The third kappa shape index (κ3) is 3.26. The maximum Gasteiger partial charge on any atom is 0.255 e. The average Bonchev–Trinajstić information content (AvgIpc) is 3.06. The maximum atomic E-state index is 12.3. The summed E-state index contributed by atoms with van der Waals surface area (Å²) in [4.78, 5) is 12.3. The van der Waals surface area contributed by atoms with Gasteiger partial charge in [0.05, 0.1) is 12.1 Å². The summed E-state index contributed by atoms with van der Waals surface area (Å²) in [6, 6.07) is 24.8. The topological polar surface area (TPSA) is 59.8 Å². The number of carbonyl (C=O) groups excluding carboxylic acids is 1. The van der Waals surface area contributed by atoms with E-state index in [1.54, 1.807) is 0 Å². The van der Waals surface area contributed by atoms with E-state index in [-0.39, 0.29) is 5.91 Å². The fourth-order valence-corrected chi connectivity index (χ4v) is 2.69. The Labute approximate surface area is 144 Å². The van der Waals surface area contributed by atoms with Crippen molar-refractivity contribution in [1.29, 1.82) is 0 Å². The smallest absolute Gasteiger partial charge is 0.255 e. The van der Waals surface area contributed by atoms with E-state index in [1.165, 1.54) is 0 Å². The Balaban J connectivity index is 1.49. The molecule has 1 heterocycles. The van der Waals surface area contributed by atoms with Gasteiger partial charge in [-0.15, -0.1) is 5.10 Å². The molecule has 5 nitrogen and oxygen atoms in total. The molecular formula is C20H16N4O. The Morgan fingerprint density at radius 1 is 0.880 bits per heavy atom. The zero-order chi connectivity index (χ0) is 17.1. The van der Waals surface area contributed by atoms with E-state index in [0.29, 0.717) is 12.1 Å². The number of nitrogens with zero attached hydrogens (tertiary/aromatic N) is 3. The number of amides is 1. The highest BCUT2D eigenvalue weighted by Crippen LogP contribution is 2.14. The van der Waals surface area contributed by atoms with Crippen LogP contribution in [-0.4, -0.2) is 20.9 Å². The van der Waals surface area contributed by atoms with Crippen molar-refractivity contribution in [2.75, 3.05) is 5.32 Å².